The molecule has 8 heteroatoms. The fourth-order valence-corrected chi connectivity index (χ4v) is 3.40. The summed E-state index contributed by atoms with van der Waals surface area (Å²) in [4.78, 5) is 25.5. The molecule has 0 saturated heterocycles. The van der Waals surface area contributed by atoms with Gasteiger partial charge in [0.25, 0.3) is 11.5 Å². The van der Waals surface area contributed by atoms with Crippen LogP contribution in [0.5, 0.6) is 5.88 Å². The third-order valence-electron chi connectivity index (χ3n) is 4.93. The number of nitrogens with zero attached hydrogens (tertiary/aromatic N) is 3. The van der Waals surface area contributed by atoms with E-state index in [4.69, 9.17) is 0 Å². The summed E-state index contributed by atoms with van der Waals surface area (Å²) in [6.45, 7) is 6.14. The van der Waals surface area contributed by atoms with E-state index < -0.39 is 11.5 Å². The molecule has 1 aliphatic heterocycles. The van der Waals surface area contributed by atoms with Crippen molar-refractivity contribution in [3.05, 3.63) is 33.8 Å². The van der Waals surface area contributed by atoms with Crippen LogP contribution in [0.2, 0.25) is 0 Å². The normalized spacial score (nSPS) is 17.4. The number of amides is 1. The van der Waals surface area contributed by atoms with E-state index in [1.54, 1.807) is 4.57 Å². The van der Waals surface area contributed by atoms with E-state index in [0.29, 0.717) is 17.9 Å². The van der Waals surface area contributed by atoms with Gasteiger partial charge in [-0.15, -0.1) is 0 Å². The smallest absolute Gasteiger partial charge is 0.291 e. The molecule has 0 unspecified atom stereocenters. The van der Waals surface area contributed by atoms with E-state index in [2.05, 4.69) is 21.8 Å². The molecule has 0 bridgehead atoms. The highest BCUT2D eigenvalue weighted by Crippen LogP contribution is 2.25. The van der Waals surface area contributed by atoms with Gasteiger partial charge in [0.2, 0.25) is 5.88 Å². The Balaban J connectivity index is 1.89. The van der Waals surface area contributed by atoms with Gasteiger partial charge < -0.3 is 15.7 Å². The predicted octanol–water partition coefficient (Wildman–Crippen LogP) is 1.13. The summed E-state index contributed by atoms with van der Waals surface area (Å²) in [6, 6.07) is 1.92. The lowest BCUT2D eigenvalue weighted by Gasteiger charge is -2.16. The van der Waals surface area contributed by atoms with E-state index in [0.717, 1.165) is 37.9 Å². The fraction of sp³-hybridized carbons (Fsp3) is 0.526. The van der Waals surface area contributed by atoms with Gasteiger partial charge in [-0.3, -0.25) is 14.2 Å². The molecule has 2 aliphatic rings. The molecule has 0 radical (unpaired) electrons. The van der Waals surface area contributed by atoms with Crippen LogP contribution in [0.15, 0.2) is 16.9 Å². The summed E-state index contributed by atoms with van der Waals surface area (Å²) in [5, 5.41) is 21.3. The Hall–Kier alpha value is -2.61. The molecule has 0 spiro atoms. The molecule has 8 nitrogen and oxygen atoms in total. The standard InChI is InChI=1S/C19H25N5O3/c1-11(2)10-23-15-9-14(12-5-7-20-8-6-12)22-24(15)19(27)16(18(23)26)17(25)21-13-3-4-13/h5,9,11,13,20,26H,3-4,6-8,10H2,1-2H3,(H,21,25). The van der Waals surface area contributed by atoms with Gasteiger partial charge in [-0.1, -0.05) is 19.9 Å². The summed E-state index contributed by atoms with van der Waals surface area (Å²) in [5.74, 6) is -0.597. The summed E-state index contributed by atoms with van der Waals surface area (Å²) >= 11 is 0. The summed E-state index contributed by atoms with van der Waals surface area (Å²) in [7, 11) is 0. The maximum Gasteiger partial charge on any atom is 0.291 e. The Bertz CT molecular complexity index is 981. The van der Waals surface area contributed by atoms with Crippen molar-refractivity contribution in [1.29, 1.82) is 0 Å². The SMILES string of the molecule is CC(C)Cn1c(O)c(C(=O)NC2CC2)c(=O)n2nc(C3=CCNCC3)cc12. The van der Waals surface area contributed by atoms with Crippen molar-refractivity contribution in [2.24, 2.45) is 5.92 Å². The fourth-order valence-electron chi connectivity index (χ4n) is 3.40. The highest BCUT2D eigenvalue weighted by Gasteiger charge is 2.29. The highest BCUT2D eigenvalue weighted by molar-refractivity contribution is 5.96. The Morgan fingerprint density at radius 2 is 2.22 bits per heavy atom. The topological polar surface area (TPSA) is 101 Å². The number of carbonyl (C=O) groups is 1. The van der Waals surface area contributed by atoms with Gasteiger partial charge in [0, 0.05) is 25.2 Å². The van der Waals surface area contributed by atoms with Crippen LogP contribution in [0.25, 0.3) is 11.2 Å². The van der Waals surface area contributed by atoms with E-state index >= 15 is 0 Å². The van der Waals surface area contributed by atoms with E-state index in [1.165, 1.54) is 4.52 Å². The molecule has 3 heterocycles. The molecular formula is C19H25N5O3. The number of fused-ring (bicyclic) bond motifs is 1. The molecule has 1 amide bonds. The number of nitrogens with one attached hydrogen (secondary N) is 2. The molecule has 0 aromatic carbocycles. The lowest BCUT2D eigenvalue weighted by Crippen LogP contribution is -2.34. The van der Waals surface area contributed by atoms with Crippen LogP contribution in [0.1, 0.15) is 49.2 Å². The second-order valence-electron chi connectivity index (χ2n) is 7.74. The molecule has 4 rings (SSSR count). The van der Waals surface area contributed by atoms with E-state index in [-0.39, 0.29) is 23.4 Å². The van der Waals surface area contributed by atoms with E-state index in [1.807, 2.05) is 19.9 Å². The lowest BCUT2D eigenvalue weighted by atomic mass is 10.1. The number of aromatic nitrogens is 3. The van der Waals surface area contributed by atoms with Gasteiger partial charge in [0.05, 0.1) is 5.69 Å². The number of aromatic hydroxyl groups is 1. The molecular weight excluding hydrogens is 346 g/mol. The Labute approximate surface area is 156 Å². The van der Waals surface area contributed by atoms with Crippen molar-refractivity contribution in [3.63, 3.8) is 0 Å². The van der Waals surface area contributed by atoms with E-state index in [9.17, 15) is 14.7 Å². The average Bonchev–Trinajstić information content (AvgIpc) is 3.33. The van der Waals surface area contributed by atoms with Crippen LogP contribution in [0, 0.1) is 5.92 Å². The maximum atomic E-state index is 13.0. The molecule has 2 aromatic rings. The Morgan fingerprint density at radius 3 is 2.85 bits per heavy atom. The second kappa shape index (κ2) is 6.84. The molecule has 1 saturated carbocycles. The van der Waals surface area contributed by atoms with Crippen LogP contribution in [0.3, 0.4) is 0 Å². The molecule has 27 heavy (non-hydrogen) atoms. The van der Waals surface area contributed by atoms with Crippen molar-refractivity contribution in [3.8, 4) is 5.88 Å². The average molecular weight is 371 g/mol. The van der Waals surface area contributed by atoms with Crippen molar-refractivity contribution < 1.29 is 9.90 Å². The predicted molar refractivity (Wildman–Crippen MR) is 102 cm³/mol. The zero-order valence-electron chi connectivity index (χ0n) is 15.7. The van der Waals surface area contributed by atoms with Crippen molar-refractivity contribution >= 4 is 17.1 Å². The number of carbonyl (C=O) groups excluding carboxylic acids is 1. The minimum Gasteiger partial charge on any atom is -0.494 e. The van der Waals surface area contributed by atoms with Gasteiger partial charge >= 0.3 is 0 Å². The van der Waals surface area contributed by atoms with Gasteiger partial charge in [-0.05, 0) is 37.3 Å². The third-order valence-corrected chi connectivity index (χ3v) is 4.93. The lowest BCUT2D eigenvalue weighted by molar-refractivity contribution is 0.0944. The second-order valence-corrected chi connectivity index (χ2v) is 7.74. The zero-order valence-corrected chi connectivity index (χ0v) is 15.7. The first-order valence-corrected chi connectivity index (χ1v) is 9.52. The summed E-state index contributed by atoms with van der Waals surface area (Å²) in [5.41, 5.74) is 1.47. The number of hydrogen-bond donors (Lipinski definition) is 3. The summed E-state index contributed by atoms with van der Waals surface area (Å²) < 4.78 is 2.87. The van der Waals surface area contributed by atoms with Crippen LogP contribution in [0.4, 0.5) is 0 Å². The first-order valence-electron chi connectivity index (χ1n) is 9.52. The molecule has 2 aromatic heterocycles. The first kappa shape index (κ1) is 17.8. The van der Waals surface area contributed by atoms with Crippen LogP contribution < -0.4 is 16.2 Å². The number of hydrogen-bond acceptors (Lipinski definition) is 5. The number of rotatable bonds is 5. The third kappa shape index (κ3) is 3.37. The minimum absolute atomic E-state index is 0.0959. The molecule has 144 valence electrons. The van der Waals surface area contributed by atoms with Gasteiger partial charge in [0.15, 0.2) is 5.56 Å². The Kier molecular flexibility index (Phi) is 4.51. The quantitative estimate of drug-likeness (QED) is 0.731. The Morgan fingerprint density at radius 1 is 1.44 bits per heavy atom. The minimum atomic E-state index is -0.582. The molecule has 3 N–H and O–H groups in total. The monoisotopic (exact) mass is 371 g/mol. The molecule has 1 aliphatic carbocycles. The first-order chi connectivity index (χ1) is 13.0. The molecule has 1 fully saturated rings. The van der Waals surface area contributed by atoms with Gasteiger partial charge in [-0.25, -0.2) is 0 Å². The van der Waals surface area contributed by atoms with Crippen LogP contribution in [-0.4, -0.2) is 44.3 Å². The molecule has 0 atom stereocenters. The van der Waals surface area contributed by atoms with Gasteiger partial charge in [-0.2, -0.15) is 9.61 Å². The van der Waals surface area contributed by atoms with Crippen molar-refractivity contribution in [2.75, 3.05) is 13.1 Å². The van der Waals surface area contributed by atoms with Crippen LogP contribution in [-0.2, 0) is 6.54 Å². The zero-order chi connectivity index (χ0) is 19.1. The van der Waals surface area contributed by atoms with Crippen molar-refractivity contribution in [1.82, 2.24) is 24.8 Å². The highest BCUT2D eigenvalue weighted by atomic mass is 16.3. The largest absolute Gasteiger partial charge is 0.494 e. The van der Waals surface area contributed by atoms with Crippen molar-refractivity contribution in [2.45, 2.75) is 45.7 Å². The summed E-state index contributed by atoms with van der Waals surface area (Å²) in [6.07, 6.45) is 4.69. The van der Waals surface area contributed by atoms with Gasteiger partial charge in [0.1, 0.15) is 5.65 Å². The van der Waals surface area contributed by atoms with Crippen LogP contribution >= 0.6 is 0 Å². The maximum absolute atomic E-state index is 13.0.